The first kappa shape index (κ1) is 18.1. The summed E-state index contributed by atoms with van der Waals surface area (Å²) in [4.78, 5) is 18.2. The Labute approximate surface area is 174 Å². The van der Waals surface area contributed by atoms with Gasteiger partial charge in [-0.25, -0.2) is 13.8 Å². The molecule has 4 nitrogen and oxygen atoms in total. The zero-order valence-electron chi connectivity index (χ0n) is 15.6. The molecule has 0 fully saturated rings. The van der Waals surface area contributed by atoms with Crippen molar-refractivity contribution in [3.63, 3.8) is 0 Å². The normalized spacial score (nSPS) is 12.5. The minimum absolute atomic E-state index is 0.0756. The topological polar surface area (TPSA) is 39.3 Å². The second-order valence-corrected chi connectivity index (χ2v) is 8.31. The van der Waals surface area contributed by atoms with Gasteiger partial charge in [-0.3, -0.25) is 4.79 Å². The molecule has 144 valence electrons. The first-order valence-corrected chi connectivity index (χ1v) is 10.2. The van der Waals surface area contributed by atoms with E-state index in [0.29, 0.717) is 9.49 Å². The van der Waals surface area contributed by atoms with Gasteiger partial charge in [-0.1, -0.05) is 35.1 Å². The number of hydrogen-bond acceptors (Lipinski definition) is 3. The van der Waals surface area contributed by atoms with Crippen LogP contribution >= 0.6 is 22.9 Å². The molecule has 0 aliphatic rings. The Morgan fingerprint density at radius 2 is 1.93 bits per heavy atom. The molecule has 2 aromatic carbocycles. The van der Waals surface area contributed by atoms with Crippen LogP contribution in [0, 0.1) is 19.7 Å². The molecule has 0 aliphatic heterocycles. The molecule has 0 N–H and O–H groups in total. The highest BCUT2D eigenvalue weighted by Crippen LogP contribution is 2.25. The summed E-state index contributed by atoms with van der Waals surface area (Å²) in [6.07, 6.45) is 1.89. The van der Waals surface area contributed by atoms with E-state index in [4.69, 9.17) is 11.6 Å². The lowest BCUT2D eigenvalue weighted by Crippen LogP contribution is -2.22. The second-order valence-electron chi connectivity index (χ2n) is 6.89. The van der Waals surface area contributed by atoms with Crippen LogP contribution in [0.25, 0.3) is 27.8 Å². The fourth-order valence-corrected chi connectivity index (χ4v) is 4.86. The number of aryl methyl sites for hydroxylation is 1. The van der Waals surface area contributed by atoms with Crippen molar-refractivity contribution in [1.29, 1.82) is 0 Å². The third-order valence-corrected chi connectivity index (χ3v) is 6.32. The quantitative estimate of drug-likeness (QED) is 0.414. The van der Waals surface area contributed by atoms with Crippen LogP contribution in [0.4, 0.5) is 4.39 Å². The maximum Gasteiger partial charge on any atom is 0.274 e. The number of aromatic nitrogens is 3. The zero-order valence-corrected chi connectivity index (χ0v) is 17.2. The molecule has 0 spiro atoms. The molecule has 0 saturated heterocycles. The van der Waals surface area contributed by atoms with Crippen LogP contribution in [0.5, 0.6) is 0 Å². The number of halogens is 2. The summed E-state index contributed by atoms with van der Waals surface area (Å²) in [6.45, 7) is 3.93. The molecule has 5 aromatic rings. The minimum Gasteiger partial charge on any atom is -0.318 e. The average Bonchev–Trinajstić information content (AvgIpc) is 3.29. The van der Waals surface area contributed by atoms with Crippen molar-refractivity contribution in [3.8, 4) is 5.69 Å². The van der Waals surface area contributed by atoms with Crippen LogP contribution in [-0.2, 0) is 0 Å². The predicted molar refractivity (Wildman–Crippen MR) is 116 cm³/mol. The molecule has 0 atom stereocenters. The number of para-hydroxylation sites is 2. The van der Waals surface area contributed by atoms with Gasteiger partial charge in [0, 0.05) is 17.1 Å². The number of nitrogens with zero attached hydrogens (tertiary/aromatic N) is 3. The fraction of sp³-hybridized carbons (Fsp3) is 0.0909. The average molecular weight is 424 g/mol. The van der Waals surface area contributed by atoms with Gasteiger partial charge in [-0.05, 0) is 61.9 Å². The highest BCUT2D eigenvalue weighted by atomic mass is 35.5. The smallest absolute Gasteiger partial charge is 0.274 e. The number of benzene rings is 2. The largest absolute Gasteiger partial charge is 0.318 e. The lowest BCUT2D eigenvalue weighted by Gasteiger charge is -2.10. The SMILES string of the molecule is Cc1cc(/C=c2\sc3nc4ccccc4n3c2=O)c(C)n1-c1ccc(F)c(Cl)c1. The maximum atomic E-state index is 13.5. The van der Waals surface area contributed by atoms with Gasteiger partial charge < -0.3 is 4.57 Å². The van der Waals surface area contributed by atoms with E-state index in [1.807, 2.05) is 54.8 Å². The zero-order chi connectivity index (χ0) is 20.3. The highest BCUT2D eigenvalue weighted by molar-refractivity contribution is 7.15. The van der Waals surface area contributed by atoms with Crippen LogP contribution in [0.3, 0.4) is 0 Å². The van der Waals surface area contributed by atoms with Gasteiger partial charge in [-0.15, -0.1) is 0 Å². The summed E-state index contributed by atoms with van der Waals surface area (Å²) < 4.78 is 17.8. The lowest BCUT2D eigenvalue weighted by molar-refractivity contribution is 0.627. The van der Waals surface area contributed by atoms with E-state index in [0.717, 1.165) is 33.7 Å². The molecule has 3 aromatic heterocycles. The first-order valence-electron chi connectivity index (χ1n) is 9.00. The Morgan fingerprint density at radius 3 is 2.72 bits per heavy atom. The Bertz CT molecular complexity index is 1530. The summed E-state index contributed by atoms with van der Waals surface area (Å²) in [5.74, 6) is -0.449. The highest BCUT2D eigenvalue weighted by Gasteiger charge is 2.14. The van der Waals surface area contributed by atoms with Crippen molar-refractivity contribution >= 4 is 45.0 Å². The van der Waals surface area contributed by atoms with E-state index in [-0.39, 0.29) is 10.6 Å². The molecule has 0 saturated carbocycles. The molecule has 0 radical (unpaired) electrons. The molecule has 3 heterocycles. The van der Waals surface area contributed by atoms with Gasteiger partial charge in [0.1, 0.15) is 5.82 Å². The molecule has 29 heavy (non-hydrogen) atoms. The Kier molecular flexibility index (Phi) is 4.08. The van der Waals surface area contributed by atoms with Gasteiger partial charge in [0.25, 0.3) is 5.56 Å². The Hall–Kier alpha value is -2.96. The molecule has 0 amide bonds. The number of hydrogen-bond donors (Lipinski definition) is 0. The Morgan fingerprint density at radius 1 is 1.14 bits per heavy atom. The van der Waals surface area contributed by atoms with E-state index in [1.165, 1.54) is 17.4 Å². The number of rotatable bonds is 2. The van der Waals surface area contributed by atoms with E-state index in [1.54, 1.807) is 16.5 Å². The van der Waals surface area contributed by atoms with E-state index in [2.05, 4.69) is 4.98 Å². The van der Waals surface area contributed by atoms with E-state index < -0.39 is 5.82 Å². The molecule has 0 aliphatic carbocycles. The monoisotopic (exact) mass is 423 g/mol. The molecule has 0 unspecified atom stereocenters. The summed E-state index contributed by atoms with van der Waals surface area (Å²) in [5, 5.41) is 0.0775. The van der Waals surface area contributed by atoms with Crippen LogP contribution < -0.4 is 10.1 Å². The molecule has 0 bridgehead atoms. The van der Waals surface area contributed by atoms with Crippen molar-refractivity contribution in [3.05, 3.63) is 91.2 Å². The van der Waals surface area contributed by atoms with Gasteiger partial charge >= 0.3 is 0 Å². The van der Waals surface area contributed by atoms with E-state index >= 15 is 0 Å². The third kappa shape index (κ3) is 2.79. The van der Waals surface area contributed by atoms with Crippen LogP contribution in [0.2, 0.25) is 5.02 Å². The first-order chi connectivity index (χ1) is 13.9. The summed E-state index contributed by atoms with van der Waals surface area (Å²) >= 11 is 7.33. The third-order valence-electron chi connectivity index (χ3n) is 5.06. The van der Waals surface area contributed by atoms with Crippen molar-refractivity contribution in [2.24, 2.45) is 0 Å². The molecular formula is C22H15ClFN3OS. The van der Waals surface area contributed by atoms with Crippen molar-refractivity contribution < 1.29 is 4.39 Å². The second kappa shape index (κ2) is 6.54. The van der Waals surface area contributed by atoms with Crippen LogP contribution in [-0.4, -0.2) is 14.0 Å². The number of thiazole rings is 1. The molecular weight excluding hydrogens is 409 g/mol. The number of imidazole rings is 1. The summed E-state index contributed by atoms with van der Waals surface area (Å²) in [7, 11) is 0. The summed E-state index contributed by atoms with van der Waals surface area (Å²) in [6, 6.07) is 14.3. The number of fused-ring (bicyclic) bond motifs is 3. The van der Waals surface area contributed by atoms with Gasteiger partial charge in [0.05, 0.1) is 20.6 Å². The maximum absolute atomic E-state index is 13.5. The van der Waals surface area contributed by atoms with Crippen LogP contribution in [0.15, 0.2) is 53.3 Å². The van der Waals surface area contributed by atoms with Crippen molar-refractivity contribution in [1.82, 2.24) is 14.0 Å². The lowest BCUT2D eigenvalue weighted by atomic mass is 10.2. The van der Waals surface area contributed by atoms with Crippen LogP contribution in [0.1, 0.15) is 17.0 Å². The van der Waals surface area contributed by atoms with Crippen molar-refractivity contribution in [2.45, 2.75) is 13.8 Å². The fourth-order valence-electron chi connectivity index (χ4n) is 3.71. The van der Waals surface area contributed by atoms with Crippen molar-refractivity contribution in [2.75, 3.05) is 0 Å². The molecule has 7 heteroatoms. The van der Waals surface area contributed by atoms with Gasteiger partial charge in [-0.2, -0.15) is 0 Å². The van der Waals surface area contributed by atoms with Gasteiger partial charge in [0.2, 0.25) is 0 Å². The predicted octanol–water partition coefficient (Wildman–Crippen LogP) is 4.66. The minimum atomic E-state index is -0.449. The molecule has 5 rings (SSSR count). The van der Waals surface area contributed by atoms with Gasteiger partial charge in [0.15, 0.2) is 4.96 Å². The Balaban J connectivity index is 1.69. The summed E-state index contributed by atoms with van der Waals surface area (Å²) in [5.41, 5.74) is 5.17. The van der Waals surface area contributed by atoms with E-state index in [9.17, 15) is 9.18 Å². The standard InChI is InChI=1S/C22H15ClFN3OS/c1-12-9-14(13(2)26(12)15-7-8-17(24)16(23)11-15)10-20-21(28)27-19-6-4-3-5-18(19)25-22(27)29-20/h3-11H,1-2H3/b20-10-.